The molecule has 1 fully saturated rings. The fraction of sp³-hybridized carbons (Fsp3) is 0.324. The zero-order chi connectivity index (χ0) is 29.1. The monoisotopic (exact) mass is 564 g/mol. The highest BCUT2D eigenvalue weighted by molar-refractivity contribution is 5.93. The van der Waals surface area contributed by atoms with Crippen LogP contribution in [0.3, 0.4) is 0 Å². The van der Waals surface area contributed by atoms with E-state index in [1.807, 2.05) is 54.4 Å². The van der Waals surface area contributed by atoms with Gasteiger partial charge in [-0.1, -0.05) is 91.0 Å². The molecule has 2 atom stereocenters. The van der Waals surface area contributed by atoms with Gasteiger partial charge in [0.25, 0.3) is 5.91 Å². The van der Waals surface area contributed by atoms with Crippen molar-refractivity contribution in [3.63, 3.8) is 0 Å². The van der Waals surface area contributed by atoms with Crippen molar-refractivity contribution in [2.45, 2.75) is 37.3 Å². The highest BCUT2D eigenvalue weighted by Crippen LogP contribution is 2.27. The standard InChI is InChI=1S/C34H40N6O2/c1-35-20-11-18-30-34(42)40(24-29(25-12-5-2-6-13-25)26-14-7-3-8-15-26)21-19-28(37-30)23-36-33(41)32-22-31(38-39-32)27-16-9-4-10-17-27/h2-10,12-17,22,28-30,35,37H,11,18-21,23-24H2,1H3,(H,36,41)(H,38,39). The third-order valence-electron chi connectivity index (χ3n) is 7.92. The van der Waals surface area contributed by atoms with E-state index in [1.54, 1.807) is 6.07 Å². The van der Waals surface area contributed by atoms with Crippen LogP contribution in [0.15, 0.2) is 97.1 Å². The van der Waals surface area contributed by atoms with Gasteiger partial charge in [-0.05, 0) is 50.0 Å². The Kier molecular flexibility index (Phi) is 10.1. The van der Waals surface area contributed by atoms with Crippen molar-refractivity contribution in [3.05, 3.63) is 114 Å². The van der Waals surface area contributed by atoms with E-state index in [2.05, 4.69) is 74.7 Å². The Morgan fingerprint density at radius 3 is 2.26 bits per heavy atom. The first-order chi connectivity index (χ1) is 20.6. The van der Waals surface area contributed by atoms with Crippen molar-refractivity contribution in [2.24, 2.45) is 0 Å². The minimum atomic E-state index is -0.313. The zero-order valence-electron chi connectivity index (χ0n) is 24.1. The van der Waals surface area contributed by atoms with Gasteiger partial charge in [0.15, 0.2) is 0 Å². The average Bonchev–Trinajstić information content (AvgIpc) is 3.49. The van der Waals surface area contributed by atoms with Gasteiger partial charge in [-0.25, -0.2) is 0 Å². The lowest BCUT2D eigenvalue weighted by atomic mass is 9.90. The molecule has 2 unspecified atom stereocenters. The Morgan fingerprint density at radius 2 is 1.62 bits per heavy atom. The van der Waals surface area contributed by atoms with Gasteiger partial charge in [0.1, 0.15) is 5.69 Å². The lowest BCUT2D eigenvalue weighted by Gasteiger charge is -2.29. The summed E-state index contributed by atoms with van der Waals surface area (Å²) in [5.41, 5.74) is 4.48. The molecule has 0 saturated carbocycles. The second-order valence-electron chi connectivity index (χ2n) is 10.9. The summed E-state index contributed by atoms with van der Waals surface area (Å²) in [5, 5.41) is 17.0. The van der Waals surface area contributed by atoms with E-state index in [4.69, 9.17) is 0 Å². The molecule has 1 aliphatic heterocycles. The Hall–Kier alpha value is -4.27. The summed E-state index contributed by atoms with van der Waals surface area (Å²) in [7, 11) is 1.93. The lowest BCUT2D eigenvalue weighted by Crippen LogP contribution is -2.49. The number of amides is 2. The van der Waals surface area contributed by atoms with Crippen LogP contribution in [0.4, 0.5) is 0 Å². The molecule has 3 aromatic carbocycles. The van der Waals surface area contributed by atoms with Crippen molar-refractivity contribution < 1.29 is 9.59 Å². The summed E-state index contributed by atoms with van der Waals surface area (Å²) in [5.74, 6) is -0.0125. The van der Waals surface area contributed by atoms with Crippen LogP contribution in [0, 0.1) is 0 Å². The van der Waals surface area contributed by atoms with Gasteiger partial charge in [-0.2, -0.15) is 5.10 Å². The van der Waals surface area contributed by atoms with Crippen molar-refractivity contribution in [2.75, 3.05) is 33.2 Å². The highest BCUT2D eigenvalue weighted by atomic mass is 16.2. The van der Waals surface area contributed by atoms with Crippen LogP contribution < -0.4 is 16.0 Å². The molecule has 42 heavy (non-hydrogen) atoms. The number of hydrogen-bond donors (Lipinski definition) is 4. The van der Waals surface area contributed by atoms with Crippen molar-refractivity contribution >= 4 is 11.8 Å². The molecule has 4 N–H and O–H groups in total. The maximum Gasteiger partial charge on any atom is 0.269 e. The van der Waals surface area contributed by atoms with E-state index in [9.17, 15) is 9.59 Å². The van der Waals surface area contributed by atoms with Gasteiger partial charge in [0.05, 0.1) is 11.7 Å². The molecule has 0 radical (unpaired) electrons. The van der Waals surface area contributed by atoms with Crippen LogP contribution in [0.25, 0.3) is 11.3 Å². The van der Waals surface area contributed by atoms with Gasteiger partial charge >= 0.3 is 0 Å². The van der Waals surface area contributed by atoms with Gasteiger partial charge in [0.2, 0.25) is 5.91 Å². The summed E-state index contributed by atoms with van der Waals surface area (Å²) >= 11 is 0. The normalized spacial score (nSPS) is 17.3. The molecule has 8 heteroatoms. The third kappa shape index (κ3) is 7.51. The van der Waals surface area contributed by atoms with Crippen LogP contribution in [-0.4, -0.2) is 72.2 Å². The van der Waals surface area contributed by atoms with Gasteiger partial charge in [-0.15, -0.1) is 0 Å². The maximum absolute atomic E-state index is 13.9. The molecule has 2 amide bonds. The molecular weight excluding hydrogens is 524 g/mol. The van der Waals surface area contributed by atoms with Crippen LogP contribution in [0.1, 0.15) is 46.8 Å². The number of carbonyl (C=O) groups is 2. The number of aromatic amines is 1. The Morgan fingerprint density at radius 1 is 0.976 bits per heavy atom. The van der Waals surface area contributed by atoms with Crippen molar-refractivity contribution in [1.82, 2.24) is 31.0 Å². The third-order valence-corrected chi connectivity index (χ3v) is 7.92. The SMILES string of the molecule is CNCCCC1NC(CNC(=O)c2cc(-c3ccccc3)n[nH]2)CCN(CC(c2ccccc2)c2ccccc2)C1=O. The van der Waals surface area contributed by atoms with Crippen LogP contribution in [-0.2, 0) is 4.79 Å². The molecule has 5 rings (SSSR count). The predicted molar refractivity (Wildman–Crippen MR) is 166 cm³/mol. The summed E-state index contributed by atoms with van der Waals surface area (Å²) in [6.07, 6.45) is 2.34. The molecule has 1 aromatic heterocycles. The molecule has 8 nitrogen and oxygen atoms in total. The van der Waals surface area contributed by atoms with Gasteiger partial charge in [-0.3, -0.25) is 14.7 Å². The minimum Gasteiger partial charge on any atom is -0.349 e. The quantitative estimate of drug-likeness (QED) is 0.193. The Bertz CT molecular complexity index is 1370. The molecular formula is C34H40N6O2. The van der Waals surface area contributed by atoms with Crippen LogP contribution >= 0.6 is 0 Å². The van der Waals surface area contributed by atoms with Crippen LogP contribution in [0.2, 0.25) is 0 Å². The Labute approximate surface area is 247 Å². The maximum atomic E-state index is 13.9. The predicted octanol–water partition coefficient (Wildman–Crippen LogP) is 4.20. The summed E-state index contributed by atoms with van der Waals surface area (Å²) in [6.45, 7) is 2.48. The number of hydrogen-bond acceptors (Lipinski definition) is 5. The smallest absolute Gasteiger partial charge is 0.269 e. The number of nitrogens with zero attached hydrogens (tertiary/aromatic N) is 2. The molecule has 1 aliphatic rings. The molecule has 1 saturated heterocycles. The highest BCUT2D eigenvalue weighted by Gasteiger charge is 2.32. The topological polar surface area (TPSA) is 102 Å². The van der Waals surface area contributed by atoms with E-state index in [-0.39, 0.29) is 29.8 Å². The second kappa shape index (κ2) is 14.6. The number of rotatable bonds is 12. The minimum absolute atomic E-state index is 0.0362. The largest absolute Gasteiger partial charge is 0.349 e. The average molecular weight is 565 g/mol. The second-order valence-corrected chi connectivity index (χ2v) is 10.9. The number of carbonyl (C=O) groups excluding carboxylic acids is 2. The first-order valence-corrected chi connectivity index (χ1v) is 14.8. The number of aromatic nitrogens is 2. The van der Waals surface area contributed by atoms with E-state index in [0.29, 0.717) is 25.3 Å². The lowest BCUT2D eigenvalue weighted by molar-refractivity contribution is -0.133. The summed E-state index contributed by atoms with van der Waals surface area (Å²) < 4.78 is 0. The van der Waals surface area contributed by atoms with Gasteiger partial charge in [0, 0.05) is 37.2 Å². The van der Waals surface area contributed by atoms with Crippen molar-refractivity contribution in [1.29, 1.82) is 0 Å². The van der Waals surface area contributed by atoms with E-state index < -0.39 is 0 Å². The fourth-order valence-corrected chi connectivity index (χ4v) is 5.61. The van der Waals surface area contributed by atoms with E-state index in [0.717, 1.165) is 37.1 Å². The fourth-order valence-electron chi connectivity index (χ4n) is 5.61. The van der Waals surface area contributed by atoms with E-state index in [1.165, 1.54) is 11.1 Å². The Balaban J connectivity index is 1.28. The number of benzene rings is 3. The zero-order valence-corrected chi connectivity index (χ0v) is 24.1. The van der Waals surface area contributed by atoms with Crippen molar-refractivity contribution in [3.8, 4) is 11.3 Å². The first kappa shape index (κ1) is 29.2. The van der Waals surface area contributed by atoms with Crippen LogP contribution in [0.5, 0.6) is 0 Å². The number of H-pyrrole nitrogens is 1. The molecule has 0 bridgehead atoms. The number of nitrogens with one attached hydrogen (secondary N) is 4. The molecule has 2 heterocycles. The summed E-state index contributed by atoms with van der Waals surface area (Å²) in [6, 6.07) is 32.0. The summed E-state index contributed by atoms with van der Waals surface area (Å²) in [4.78, 5) is 28.9. The molecule has 4 aromatic rings. The van der Waals surface area contributed by atoms with Gasteiger partial charge < -0.3 is 20.9 Å². The molecule has 0 spiro atoms. The van der Waals surface area contributed by atoms with E-state index >= 15 is 0 Å². The molecule has 0 aliphatic carbocycles. The first-order valence-electron chi connectivity index (χ1n) is 14.8. The molecule has 218 valence electrons.